The Kier molecular flexibility index (Phi) is 4.22. The van der Waals surface area contributed by atoms with E-state index in [1.165, 1.54) is 4.80 Å². The van der Waals surface area contributed by atoms with Gasteiger partial charge in [0, 0.05) is 5.56 Å². The molecule has 1 aromatic heterocycles. The first-order valence-electron chi connectivity index (χ1n) is 8.21. The zero-order valence-electron chi connectivity index (χ0n) is 14.1. The van der Waals surface area contributed by atoms with Crippen molar-refractivity contribution in [1.29, 1.82) is 0 Å². The van der Waals surface area contributed by atoms with E-state index in [0.717, 1.165) is 11.1 Å². The zero-order valence-corrected chi connectivity index (χ0v) is 14.1. The van der Waals surface area contributed by atoms with Crippen molar-refractivity contribution in [2.45, 2.75) is 19.5 Å². The van der Waals surface area contributed by atoms with Crippen molar-refractivity contribution in [2.75, 3.05) is 6.79 Å². The Morgan fingerprint density at radius 2 is 2.00 bits per heavy atom. The van der Waals surface area contributed by atoms with E-state index in [2.05, 4.69) is 20.7 Å². The summed E-state index contributed by atoms with van der Waals surface area (Å²) in [7, 11) is 0. The second-order valence-corrected chi connectivity index (χ2v) is 5.91. The number of carbonyl (C=O) groups excluding carboxylic acids is 1. The quantitative estimate of drug-likeness (QED) is 0.755. The van der Waals surface area contributed by atoms with Crippen molar-refractivity contribution in [1.82, 2.24) is 25.5 Å². The van der Waals surface area contributed by atoms with Gasteiger partial charge in [0.15, 0.2) is 11.5 Å². The number of rotatable bonds is 5. The third kappa shape index (κ3) is 3.34. The molecule has 2 aromatic carbocycles. The lowest BCUT2D eigenvalue weighted by molar-refractivity contribution is -0.122. The average molecular weight is 351 g/mol. The molecule has 4 rings (SSSR count). The van der Waals surface area contributed by atoms with Gasteiger partial charge in [0.05, 0.1) is 6.04 Å². The van der Waals surface area contributed by atoms with Crippen LogP contribution in [0.3, 0.4) is 0 Å². The van der Waals surface area contributed by atoms with Gasteiger partial charge in [0.25, 0.3) is 0 Å². The van der Waals surface area contributed by atoms with E-state index in [4.69, 9.17) is 9.47 Å². The standard InChI is InChI=1S/C18H17N5O3/c1-12(14-7-8-15-16(9-14)26-11-25-15)19-17(24)10-23-21-18(20-22-23)13-5-3-2-4-6-13/h2-9,12H,10-11H2,1H3,(H,19,24)/t12-/m0/s1. The number of nitrogens with zero attached hydrogens (tertiary/aromatic N) is 4. The SMILES string of the molecule is C[C@H](NC(=O)Cn1nnc(-c2ccccc2)n1)c1ccc2c(c1)OCO2. The first kappa shape index (κ1) is 16.1. The molecule has 132 valence electrons. The van der Waals surface area contributed by atoms with Gasteiger partial charge in [-0.15, -0.1) is 10.2 Å². The monoisotopic (exact) mass is 351 g/mol. The minimum Gasteiger partial charge on any atom is -0.454 e. The van der Waals surface area contributed by atoms with Crippen LogP contribution in [0.25, 0.3) is 11.4 Å². The fraction of sp³-hybridized carbons (Fsp3) is 0.222. The maximum atomic E-state index is 12.3. The van der Waals surface area contributed by atoms with Gasteiger partial charge in [-0.1, -0.05) is 36.4 Å². The molecule has 1 aliphatic heterocycles. The molecule has 0 radical (unpaired) electrons. The Balaban J connectivity index is 1.39. The highest BCUT2D eigenvalue weighted by Crippen LogP contribution is 2.34. The average Bonchev–Trinajstić information content (AvgIpc) is 3.30. The molecule has 0 bridgehead atoms. The van der Waals surface area contributed by atoms with Crippen LogP contribution in [0, 0.1) is 0 Å². The first-order chi connectivity index (χ1) is 12.7. The molecule has 8 heteroatoms. The molecule has 3 aromatic rings. The summed E-state index contributed by atoms with van der Waals surface area (Å²) in [6.07, 6.45) is 0. The van der Waals surface area contributed by atoms with Crippen LogP contribution in [0.15, 0.2) is 48.5 Å². The van der Waals surface area contributed by atoms with E-state index < -0.39 is 0 Å². The van der Waals surface area contributed by atoms with Crippen LogP contribution in [-0.4, -0.2) is 32.9 Å². The predicted octanol–water partition coefficient (Wildman–Crippen LogP) is 1.95. The van der Waals surface area contributed by atoms with Crippen LogP contribution in [0.4, 0.5) is 0 Å². The Labute approximate surface area is 149 Å². The molecule has 1 N–H and O–H groups in total. The van der Waals surface area contributed by atoms with Crippen LogP contribution < -0.4 is 14.8 Å². The largest absolute Gasteiger partial charge is 0.454 e. The lowest BCUT2D eigenvalue weighted by Gasteiger charge is -2.14. The number of tetrazole rings is 1. The minimum absolute atomic E-state index is 0.00523. The number of fused-ring (bicyclic) bond motifs is 1. The highest BCUT2D eigenvalue weighted by atomic mass is 16.7. The predicted molar refractivity (Wildman–Crippen MR) is 92.4 cm³/mol. The Morgan fingerprint density at radius 3 is 2.85 bits per heavy atom. The fourth-order valence-corrected chi connectivity index (χ4v) is 2.69. The van der Waals surface area contributed by atoms with Gasteiger partial charge in [-0.05, 0) is 29.8 Å². The summed E-state index contributed by atoms with van der Waals surface area (Å²) in [6.45, 7) is 2.12. The van der Waals surface area contributed by atoms with Crippen LogP contribution in [0.1, 0.15) is 18.5 Å². The summed E-state index contributed by atoms with van der Waals surface area (Å²) in [4.78, 5) is 13.6. The first-order valence-corrected chi connectivity index (χ1v) is 8.21. The van der Waals surface area contributed by atoms with Crippen molar-refractivity contribution in [3.8, 4) is 22.9 Å². The zero-order chi connectivity index (χ0) is 17.9. The summed E-state index contributed by atoms with van der Waals surface area (Å²) in [5, 5.41) is 15.1. The summed E-state index contributed by atoms with van der Waals surface area (Å²) >= 11 is 0. The van der Waals surface area contributed by atoms with Crippen LogP contribution in [0.2, 0.25) is 0 Å². The molecular weight excluding hydrogens is 334 g/mol. The van der Waals surface area contributed by atoms with Gasteiger partial charge in [0.1, 0.15) is 6.54 Å². The molecule has 0 fully saturated rings. The molecule has 1 atom stereocenters. The van der Waals surface area contributed by atoms with Crippen LogP contribution in [-0.2, 0) is 11.3 Å². The third-order valence-electron chi connectivity index (χ3n) is 4.04. The Bertz CT molecular complexity index is 926. The normalized spacial score (nSPS) is 13.4. The topological polar surface area (TPSA) is 91.2 Å². The van der Waals surface area contributed by atoms with E-state index in [1.54, 1.807) is 0 Å². The lowest BCUT2D eigenvalue weighted by Crippen LogP contribution is -2.30. The number of hydrogen-bond acceptors (Lipinski definition) is 6. The highest BCUT2D eigenvalue weighted by Gasteiger charge is 2.17. The molecule has 0 spiro atoms. The molecule has 1 amide bonds. The van der Waals surface area contributed by atoms with Crippen molar-refractivity contribution in [3.63, 3.8) is 0 Å². The number of ether oxygens (including phenoxy) is 2. The molecule has 0 aliphatic carbocycles. The molecular formula is C18H17N5O3. The number of aromatic nitrogens is 4. The van der Waals surface area contributed by atoms with Crippen LogP contribution >= 0.6 is 0 Å². The van der Waals surface area contributed by atoms with E-state index in [-0.39, 0.29) is 25.3 Å². The smallest absolute Gasteiger partial charge is 0.244 e. The van der Waals surface area contributed by atoms with E-state index in [0.29, 0.717) is 17.3 Å². The molecule has 0 saturated heterocycles. The number of benzene rings is 2. The summed E-state index contributed by atoms with van der Waals surface area (Å²) in [6, 6.07) is 14.9. The van der Waals surface area contributed by atoms with Crippen LogP contribution in [0.5, 0.6) is 11.5 Å². The van der Waals surface area contributed by atoms with Gasteiger partial charge >= 0.3 is 0 Å². The third-order valence-corrected chi connectivity index (χ3v) is 4.04. The van der Waals surface area contributed by atoms with Crippen molar-refractivity contribution in [3.05, 3.63) is 54.1 Å². The number of nitrogens with one attached hydrogen (secondary N) is 1. The molecule has 0 unspecified atom stereocenters. The van der Waals surface area contributed by atoms with Gasteiger partial charge in [-0.25, -0.2) is 0 Å². The minimum atomic E-state index is -0.202. The van der Waals surface area contributed by atoms with Crippen molar-refractivity contribution < 1.29 is 14.3 Å². The van der Waals surface area contributed by atoms with Crippen molar-refractivity contribution >= 4 is 5.91 Å². The second-order valence-electron chi connectivity index (χ2n) is 5.91. The van der Waals surface area contributed by atoms with Crippen molar-refractivity contribution in [2.24, 2.45) is 0 Å². The maximum Gasteiger partial charge on any atom is 0.244 e. The number of amides is 1. The molecule has 2 heterocycles. The second kappa shape index (κ2) is 6.83. The summed E-state index contributed by atoms with van der Waals surface area (Å²) in [5.74, 6) is 1.69. The van der Waals surface area contributed by atoms with E-state index in [9.17, 15) is 4.79 Å². The number of hydrogen-bond donors (Lipinski definition) is 1. The summed E-state index contributed by atoms with van der Waals surface area (Å²) in [5.41, 5.74) is 1.78. The highest BCUT2D eigenvalue weighted by molar-refractivity contribution is 5.76. The van der Waals surface area contributed by atoms with Gasteiger partial charge in [-0.3, -0.25) is 4.79 Å². The molecule has 1 aliphatic rings. The van der Waals surface area contributed by atoms with E-state index in [1.807, 2.05) is 55.5 Å². The maximum absolute atomic E-state index is 12.3. The van der Waals surface area contributed by atoms with Gasteiger partial charge in [0.2, 0.25) is 18.5 Å². The lowest BCUT2D eigenvalue weighted by atomic mass is 10.1. The summed E-state index contributed by atoms with van der Waals surface area (Å²) < 4.78 is 10.7. The fourth-order valence-electron chi connectivity index (χ4n) is 2.69. The Hall–Kier alpha value is -3.42. The van der Waals surface area contributed by atoms with Gasteiger partial charge < -0.3 is 14.8 Å². The molecule has 0 saturated carbocycles. The Morgan fingerprint density at radius 1 is 1.19 bits per heavy atom. The van der Waals surface area contributed by atoms with E-state index >= 15 is 0 Å². The number of carbonyl (C=O) groups is 1. The molecule has 26 heavy (non-hydrogen) atoms. The molecule has 8 nitrogen and oxygen atoms in total. The van der Waals surface area contributed by atoms with Gasteiger partial charge in [-0.2, -0.15) is 4.80 Å².